The third kappa shape index (κ3) is 4.11. The Morgan fingerprint density at radius 1 is 1.00 bits per heavy atom. The van der Waals surface area contributed by atoms with Crippen molar-refractivity contribution in [1.29, 1.82) is 0 Å². The summed E-state index contributed by atoms with van der Waals surface area (Å²) >= 11 is 0. The number of piperidine rings is 1. The number of anilines is 1. The SMILES string of the molecule is CCOc1ccc2c(c1)CC1=C2C(=O)c2cc(CC)c(N3CCC(N4CCOCC4)CC3)cc2C1(C)C. The summed E-state index contributed by atoms with van der Waals surface area (Å²) in [6.45, 7) is 15.5. The number of ether oxygens (including phenoxy) is 2. The third-order valence-corrected chi connectivity index (χ3v) is 9.19. The first-order valence-corrected chi connectivity index (χ1v) is 14.2. The van der Waals surface area contributed by atoms with E-state index < -0.39 is 0 Å². The second kappa shape index (κ2) is 9.59. The van der Waals surface area contributed by atoms with E-state index in [4.69, 9.17) is 9.47 Å². The Morgan fingerprint density at radius 2 is 1.76 bits per heavy atom. The van der Waals surface area contributed by atoms with Crippen molar-refractivity contribution in [3.05, 3.63) is 63.7 Å². The number of hydrogen-bond acceptors (Lipinski definition) is 5. The summed E-state index contributed by atoms with van der Waals surface area (Å²) < 4.78 is 11.3. The summed E-state index contributed by atoms with van der Waals surface area (Å²) in [7, 11) is 0. The predicted octanol–water partition coefficient (Wildman–Crippen LogP) is 5.43. The van der Waals surface area contributed by atoms with Crippen molar-refractivity contribution in [2.75, 3.05) is 50.9 Å². The first kappa shape index (κ1) is 24.7. The van der Waals surface area contributed by atoms with Gasteiger partial charge in [-0.2, -0.15) is 0 Å². The van der Waals surface area contributed by atoms with E-state index in [9.17, 15) is 4.79 Å². The number of carbonyl (C=O) groups excluding carboxylic acids is 1. The fraction of sp³-hybridized carbons (Fsp3) is 0.531. The Bertz CT molecular complexity index is 1250. The monoisotopic (exact) mass is 500 g/mol. The average molecular weight is 501 g/mol. The lowest BCUT2D eigenvalue weighted by Gasteiger charge is -2.42. The number of morpholine rings is 1. The number of ketones is 1. The lowest BCUT2D eigenvalue weighted by molar-refractivity contribution is 0.0115. The highest BCUT2D eigenvalue weighted by Gasteiger charge is 2.43. The summed E-state index contributed by atoms with van der Waals surface area (Å²) in [5.41, 5.74) is 9.01. The van der Waals surface area contributed by atoms with Crippen LogP contribution in [0.5, 0.6) is 5.75 Å². The molecule has 2 aromatic carbocycles. The Labute approximate surface area is 221 Å². The lowest BCUT2D eigenvalue weighted by atomic mass is 9.68. The minimum atomic E-state index is -0.198. The van der Waals surface area contributed by atoms with E-state index in [1.54, 1.807) is 0 Å². The van der Waals surface area contributed by atoms with E-state index in [0.29, 0.717) is 12.6 Å². The van der Waals surface area contributed by atoms with Crippen LogP contribution in [-0.2, 0) is 23.0 Å². The van der Waals surface area contributed by atoms with Gasteiger partial charge in [-0.15, -0.1) is 0 Å². The summed E-state index contributed by atoms with van der Waals surface area (Å²) in [6.07, 6.45) is 4.13. The molecule has 2 aliphatic carbocycles. The van der Waals surface area contributed by atoms with Gasteiger partial charge in [-0.25, -0.2) is 0 Å². The van der Waals surface area contributed by atoms with Gasteiger partial charge in [-0.3, -0.25) is 9.69 Å². The van der Waals surface area contributed by atoms with Crippen LogP contribution in [0, 0.1) is 0 Å². The fourth-order valence-electron chi connectivity index (χ4n) is 7.08. The number of aryl methyl sites for hydroxylation is 1. The van der Waals surface area contributed by atoms with E-state index >= 15 is 0 Å². The minimum absolute atomic E-state index is 0.194. The van der Waals surface area contributed by atoms with Gasteiger partial charge in [0.15, 0.2) is 5.78 Å². The second-order valence-electron chi connectivity index (χ2n) is 11.5. The number of fused-ring (bicyclic) bond motifs is 3. The van der Waals surface area contributed by atoms with Gasteiger partial charge in [-0.1, -0.05) is 26.8 Å². The maximum Gasteiger partial charge on any atom is 0.193 e. The van der Waals surface area contributed by atoms with Gasteiger partial charge >= 0.3 is 0 Å². The molecular weight excluding hydrogens is 460 g/mol. The summed E-state index contributed by atoms with van der Waals surface area (Å²) in [6, 6.07) is 11.5. The van der Waals surface area contributed by atoms with Crippen LogP contribution in [-0.4, -0.2) is 62.7 Å². The smallest absolute Gasteiger partial charge is 0.193 e. The van der Waals surface area contributed by atoms with Crippen molar-refractivity contribution in [3.63, 3.8) is 0 Å². The van der Waals surface area contributed by atoms with Gasteiger partial charge in [0.2, 0.25) is 0 Å². The summed E-state index contributed by atoms with van der Waals surface area (Å²) in [4.78, 5) is 19.2. The van der Waals surface area contributed by atoms with Gasteiger partial charge in [-0.05, 0) is 84.7 Å². The molecular formula is C32H40N2O3. The molecule has 0 bridgehead atoms. The van der Waals surface area contributed by atoms with Crippen LogP contribution in [0.3, 0.4) is 0 Å². The third-order valence-electron chi connectivity index (χ3n) is 9.19. The zero-order chi connectivity index (χ0) is 25.7. The van der Waals surface area contributed by atoms with E-state index in [1.807, 2.05) is 13.0 Å². The van der Waals surface area contributed by atoms with Crippen LogP contribution in [0.2, 0.25) is 0 Å². The minimum Gasteiger partial charge on any atom is -0.494 e. The molecule has 196 valence electrons. The van der Waals surface area contributed by atoms with Gasteiger partial charge in [0.1, 0.15) is 5.75 Å². The molecule has 0 aromatic heterocycles. The van der Waals surface area contributed by atoms with Crippen molar-refractivity contribution in [1.82, 2.24) is 4.90 Å². The number of Topliss-reactive ketones (excluding diaryl/α,β-unsaturated/α-hetero) is 1. The van der Waals surface area contributed by atoms with Crippen LogP contribution in [0.15, 0.2) is 35.9 Å². The Kier molecular flexibility index (Phi) is 6.40. The molecule has 0 amide bonds. The zero-order valence-corrected chi connectivity index (χ0v) is 22.9. The van der Waals surface area contributed by atoms with Crippen LogP contribution in [0.25, 0.3) is 5.57 Å². The van der Waals surface area contributed by atoms with Gasteiger partial charge in [0.05, 0.1) is 19.8 Å². The zero-order valence-electron chi connectivity index (χ0n) is 22.9. The Morgan fingerprint density at radius 3 is 2.46 bits per heavy atom. The number of allylic oxidation sites excluding steroid dienone is 2. The molecule has 0 unspecified atom stereocenters. The molecule has 5 heteroatoms. The lowest BCUT2D eigenvalue weighted by Crippen LogP contribution is -2.49. The molecule has 2 aromatic rings. The van der Waals surface area contributed by atoms with Gasteiger partial charge in [0, 0.05) is 54.5 Å². The van der Waals surface area contributed by atoms with Crippen molar-refractivity contribution < 1.29 is 14.3 Å². The maximum atomic E-state index is 14.0. The highest BCUT2D eigenvalue weighted by molar-refractivity contribution is 6.33. The maximum absolute atomic E-state index is 14.0. The quantitative estimate of drug-likeness (QED) is 0.548. The van der Waals surface area contributed by atoms with Crippen LogP contribution >= 0.6 is 0 Å². The molecule has 0 radical (unpaired) electrons. The molecule has 2 fully saturated rings. The Hall–Kier alpha value is -2.63. The number of nitrogens with zero attached hydrogens (tertiary/aromatic N) is 2. The molecule has 5 nitrogen and oxygen atoms in total. The van der Waals surface area contributed by atoms with Crippen LogP contribution in [0.1, 0.15) is 73.1 Å². The highest BCUT2D eigenvalue weighted by Crippen LogP contribution is 2.51. The number of carbonyl (C=O) groups is 1. The Balaban J connectivity index is 1.31. The van der Waals surface area contributed by atoms with Gasteiger partial charge in [0.25, 0.3) is 0 Å². The van der Waals surface area contributed by atoms with Crippen LogP contribution in [0.4, 0.5) is 5.69 Å². The summed E-state index contributed by atoms with van der Waals surface area (Å²) in [5, 5.41) is 0. The molecule has 0 N–H and O–H groups in total. The van der Waals surface area contributed by atoms with Crippen LogP contribution < -0.4 is 9.64 Å². The normalized spacial score (nSPS) is 21.6. The highest BCUT2D eigenvalue weighted by atomic mass is 16.5. The standard InChI is InChI=1S/C32H40N2O3/c1-5-21-18-26-27(20-29(21)34-11-9-23(10-12-34)33-13-15-36-16-14-33)32(3,4)28-19-22-17-24(37-6-2)7-8-25(22)30(28)31(26)35/h7-8,17-18,20,23H,5-6,9-16,19H2,1-4H3. The topological polar surface area (TPSA) is 42.0 Å². The van der Waals surface area contributed by atoms with E-state index in [2.05, 4.69) is 54.8 Å². The van der Waals surface area contributed by atoms with E-state index in [0.717, 1.165) is 74.7 Å². The molecule has 4 aliphatic rings. The molecule has 2 saturated heterocycles. The second-order valence-corrected chi connectivity index (χ2v) is 11.5. The van der Waals surface area contributed by atoms with Crippen molar-refractivity contribution in [3.8, 4) is 5.75 Å². The molecule has 0 saturated carbocycles. The summed E-state index contributed by atoms with van der Waals surface area (Å²) in [5.74, 6) is 1.08. The largest absolute Gasteiger partial charge is 0.494 e. The first-order chi connectivity index (χ1) is 17.9. The van der Waals surface area contributed by atoms with Crippen molar-refractivity contribution in [2.24, 2.45) is 0 Å². The van der Waals surface area contributed by atoms with E-state index in [-0.39, 0.29) is 11.2 Å². The molecule has 2 aliphatic heterocycles. The van der Waals surface area contributed by atoms with Gasteiger partial charge < -0.3 is 14.4 Å². The first-order valence-electron chi connectivity index (χ1n) is 14.2. The number of rotatable bonds is 5. The molecule has 37 heavy (non-hydrogen) atoms. The molecule has 2 heterocycles. The van der Waals surface area contributed by atoms with Crippen molar-refractivity contribution >= 4 is 17.0 Å². The molecule has 6 rings (SSSR count). The molecule has 0 atom stereocenters. The average Bonchev–Trinajstić information content (AvgIpc) is 3.32. The fourth-order valence-corrected chi connectivity index (χ4v) is 7.08. The van der Waals surface area contributed by atoms with Crippen molar-refractivity contribution in [2.45, 2.75) is 64.8 Å². The number of benzene rings is 2. The molecule has 0 spiro atoms. The van der Waals surface area contributed by atoms with E-state index in [1.165, 1.54) is 40.8 Å². The number of hydrogen-bond donors (Lipinski definition) is 0. The predicted molar refractivity (Wildman–Crippen MR) is 149 cm³/mol.